The maximum absolute atomic E-state index is 4.59. The first-order chi connectivity index (χ1) is 9.63. The number of likely N-dealkylation sites (N-methyl/N-ethyl adjacent to an activating group) is 1. The number of aryl methyl sites for hydroxylation is 2. The highest BCUT2D eigenvalue weighted by Crippen LogP contribution is 2.31. The molecule has 0 spiro atoms. The Morgan fingerprint density at radius 1 is 1.30 bits per heavy atom. The van der Waals surface area contributed by atoms with Crippen molar-refractivity contribution in [3.63, 3.8) is 0 Å². The quantitative estimate of drug-likeness (QED) is 0.861. The first-order valence-electron chi connectivity index (χ1n) is 8.40. The van der Waals surface area contributed by atoms with E-state index < -0.39 is 0 Å². The zero-order chi connectivity index (χ0) is 14.5. The van der Waals surface area contributed by atoms with Crippen molar-refractivity contribution in [1.29, 1.82) is 0 Å². The van der Waals surface area contributed by atoms with E-state index >= 15 is 0 Å². The van der Waals surface area contributed by atoms with Gasteiger partial charge >= 0.3 is 0 Å². The Balaban J connectivity index is 2.04. The fourth-order valence-corrected chi connectivity index (χ4v) is 3.62. The van der Waals surface area contributed by atoms with Gasteiger partial charge in [-0.05, 0) is 51.1 Å². The van der Waals surface area contributed by atoms with Crippen LogP contribution in [0.3, 0.4) is 0 Å². The largest absolute Gasteiger partial charge is 0.314 e. The third-order valence-corrected chi connectivity index (χ3v) is 4.81. The van der Waals surface area contributed by atoms with Crippen LogP contribution in [0.1, 0.15) is 57.8 Å². The summed E-state index contributed by atoms with van der Waals surface area (Å²) in [6, 6.07) is 2.88. The molecule has 1 aromatic rings. The Kier molecular flexibility index (Phi) is 5.64. The van der Waals surface area contributed by atoms with E-state index in [1.807, 2.05) is 0 Å². The predicted octanol–water partition coefficient (Wildman–Crippen LogP) is 3.56. The van der Waals surface area contributed by atoms with Crippen LogP contribution in [0.25, 0.3) is 0 Å². The van der Waals surface area contributed by atoms with Crippen LogP contribution in [0.4, 0.5) is 0 Å². The van der Waals surface area contributed by atoms with Gasteiger partial charge in [0.05, 0.1) is 5.69 Å². The Morgan fingerprint density at radius 3 is 2.60 bits per heavy atom. The van der Waals surface area contributed by atoms with Crippen LogP contribution in [0.5, 0.6) is 0 Å². The van der Waals surface area contributed by atoms with Gasteiger partial charge in [0.2, 0.25) is 0 Å². The van der Waals surface area contributed by atoms with Crippen molar-refractivity contribution in [3.8, 4) is 0 Å². The fourth-order valence-electron chi connectivity index (χ4n) is 3.62. The normalized spacial score (nSPS) is 24.8. The lowest BCUT2D eigenvalue weighted by atomic mass is 9.78. The molecule has 3 nitrogen and oxygen atoms in total. The molecule has 1 aliphatic rings. The topological polar surface area (TPSA) is 29.9 Å². The Labute approximate surface area is 124 Å². The number of rotatable bonds is 6. The van der Waals surface area contributed by atoms with Gasteiger partial charge in [0.1, 0.15) is 0 Å². The Bertz CT molecular complexity index is 402. The van der Waals surface area contributed by atoms with Crippen LogP contribution >= 0.6 is 0 Å². The molecular weight excluding hydrogens is 246 g/mol. The number of aromatic nitrogens is 2. The molecular formula is C17H31N3. The van der Waals surface area contributed by atoms with Gasteiger partial charge in [0, 0.05) is 24.7 Å². The molecule has 3 heteroatoms. The van der Waals surface area contributed by atoms with E-state index in [0.29, 0.717) is 6.04 Å². The summed E-state index contributed by atoms with van der Waals surface area (Å²) in [5.41, 5.74) is 2.55. The van der Waals surface area contributed by atoms with E-state index in [2.05, 4.69) is 48.9 Å². The molecule has 0 radical (unpaired) electrons. The standard InChI is InChI=1S/C17H31N3/c1-5-18-17(15-9-7-13(3)8-10-15)12-16-11-14(4)19-20(16)6-2/h11,13,15,17-18H,5-10,12H2,1-4H3. The van der Waals surface area contributed by atoms with Gasteiger partial charge in [-0.2, -0.15) is 5.10 Å². The zero-order valence-electron chi connectivity index (χ0n) is 13.7. The van der Waals surface area contributed by atoms with Gasteiger partial charge in [-0.1, -0.05) is 26.7 Å². The molecule has 1 aromatic heterocycles. The average Bonchev–Trinajstić information content (AvgIpc) is 2.79. The lowest BCUT2D eigenvalue weighted by Crippen LogP contribution is -2.40. The van der Waals surface area contributed by atoms with Crippen LogP contribution in [0, 0.1) is 18.8 Å². The predicted molar refractivity (Wildman–Crippen MR) is 84.9 cm³/mol. The molecule has 20 heavy (non-hydrogen) atoms. The molecule has 114 valence electrons. The maximum Gasteiger partial charge on any atom is 0.0596 e. The third-order valence-electron chi connectivity index (χ3n) is 4.81. The lowest BCUT2D eigenvalue weighted by molar-refractivity contribution is 0.228. The molecule has 1 heterocycles. The Hall–Kier alpha value is -0.830. The molecule has 1 atom stereocenters. The first kappa shape index (κ1) is 15.6. The van der Waals surface area contributed by atoms with Crippen molar-refractivity contribution in [2.45, 2.75) is 72.4 Å². The van der Waals surface area contributed by atoms with Gasteiger partial charge in [-0.25, -0.2) is 0 Å². The van der Waals surface area contributed by atoms with Crippen molar-refractivity contribution >= 4 is 0 Å². The van der Waals surface area contributed by atoms with Crippen molar-refractivity contribution in [1.82, 2.24) is 15.1 Å². The van der Waals surface area contributed by atoms with Crippen LogP contribution in [-0.4, -0.2) is 22.4 Å². The fraction of sp³-hybridized carbons (Fsp3) is 0.824. The Morgan fingerprint density at radius 2 is 2.00 bits per heavy atom. The summed E-state index contributed by atoms with van der Waals surface area (Å²) in [5.74, 6) is 1.77. The lowest BCUT2D eigenvalue weighted by Gasteiger charge is -2.33. The summed E-state index contributed by atoms with van der Waals surface area (Å²) >= 11 is 0. The third kappa shape index (κ3) is 3.85. The second-order valence-corrected chi connectivity index (χ2v) is 6.48. The summed E-state index contributed by atoms with van der Waals surface area (Å²) in [6.07, 6.45) is 6.70. The summed E-state index contributed by atoms with van der Waals surface area (Å²) < 4.78 is 2.17. The molecule has 1 N–H and O–H groups in total. The molecule has 1 saturated carbocycles. The highest BCUT2D eigenvalue weighted by Gasteiger charge is 2.26. The van der Waals surface area contributed by atoms with Crippen LogP contribution in [-0.2, 0) is 13.0 Å². The number of nitrogens with zero attached hydrogens (tertiary/aromatic N) is 2. The second-order valence-electron chi connectivity index (χ2n) is 6.48. The minimum atomic E-state index is 0.619. The molecule has 0 saturated heterocycles. The second kappa shape index (κ2) is 7.26. The van der Waals surface area contributed by atoms with E-state index in [4.69, 9.17) is 0 Å². The number of hydrogen-bond donors (Lipinski definition) is 1. The van der Waals surface area contributed by atoms with Crippen LogP contribution < -0.4 is 5.32 Å². The van der Waals surface area contributed by atoms with Gasteiger partial charge in [0.15, 0.2) is 0 Å². The maximum atomic E-state index is 4.59. The molecule has 2 rings (SSSR count). The van der Waals surface area contributed by atoms with Gasteiger partial charge in [-0.15, -0.1) is 0 Å². The van der Waals surface area contributed by atoms with Crippen LogP contribution in [0.15, 0.2) is 6.07 Å². The van der Waals surface area contributed by atoms with E-state index in [-0.39, 0.29) is 0 Å². The summed E-state index contributed by atoms with van der Waals surface area (Å²) in [5, 5.41) is 8.32. The first-order valence-corrected chi connectivity index (χ1v) is 8.40. The summed E-state index contributed by atoms with van der Waals surface area (Å²) in [7, 11) is 0. The molecule has 0 amide bonds. The van der Waals surface area contributed by atoms with Gasteiger partial charge in [0.25, 0.3) is 0 Å². The molecule has 0 aliphatic heterocycles. The number of hydrogen-bond acceptors (Lipinski definition) is 2. The van der Waals surface area contributed by atoms with E-state index in [0.717, 1.165) is 37.0 Å². The van der Waals surface area contributed by atoms with E-state index in [9.17, 15) is 0 Å². The van der Waals surface area contributed by atoms with Crippen molar-refractivity contribution in [3.05, 3.63) is 17.5 Å². The monoisotopic (exact) mass is 277 g/mol. The zero-order valence-corrected chi connectivity index (χ0v) is 13.7. The summed E-state index contributed by atoms with van der Waals surface area (Å²) in [4.78, 5) is 0. The molecule has 1 fully saturated rings. The molecule has 0 bridgehead atoms. The molecule has 1 unspecified atom stereocenters. The smallest absolute Gasteiger partial charge is 0.0596 e. The number of nitrogens with one attached hydrogen (secondary N) is 1. The minimum absolute atomic E-state index is 0.619. The highest BCUT2D eigenvalue weighted by atomic mass is 15.3. The minimum Gasteiger partial charge on any atom is -0.314 e. The SMILES string of the molecule is CCNC(Cc1cc(C)nn1CC)C1CCC(C)CC1. The van der Waals surface area contributed by atoms with Crippen molar-refractivity contribution in [2.75, 3.05) is 6.54 Å². The van der Waals surface area contributed by atoms with E-state index in [1.165, 1.54) is 31.4 Å². The van der Waals surface area contributed by atoms with E-state index in [1.54, 1.807) is 0 Å². The molecule has 1 aliphatic carbocycles. The van der Waals surface area contributed by atoms with Crippen LogP contribution in [0.2, 0.25) is 0 Å². The molecule has 0 aromatic carbocycles. The van der Waals surface area contributed by atoms with Gasteiger partial charge in [-0.3, -0.25) is 4.68 Å². The highest BCUT2D eigenvalue weighted by molar-refractivity contribution is 5.11. The average molecular weight is 277 g/mol. The van der Waals surface area contributed by atoms with Crippen molar-refractivity contribution in [2.24, 2.45) is 11.8 Å². The van der Waals surface area contributed by atoms with Crippen molar-refractivity contribution < 1.29 is 0 Å². The summed E-state index contributed by atoms with van der Waals surface area (Å²) in [6.45, 7) is 10.9. The van der Waals surface area contributed by atoms with Gasteiger partial charge < -0.3 is 5.32 Å².